The Morgan fingerprint density at radius 2 is 1.56 bits per heavy atom. The second-order valence-electron chi connectivity index (χ2n) is 6.01. The molecule has 0 atom stereocenters. The fourth-order valence-corrected chi connectivity index (χ4v) is 3.09. The Labute approximate surface area is 110 Å². The van der Waals surface area contributed by atoms with Gasteiger partial charge in [-0.1, -0.05) is 18.6 Å². The van der Waals surface area contributed by atoms with E-state index in [9.17, 15) is 0 Å². The molecule has 18 heavy (non-hydrogen) atoms. The van der Waals surface area contributed by atoms with Gasteiger partial charge in [0, 0.05) is 17.8 Å². The second kappa shape index (κ2) is 5.31. The molecular formula is C16H24N2. The minimum atomic E-state index is 0.434. The zero-order valence-electron chi connectivity index (χ0n) is 11.1. The SMILES string of the molecule is NC1CCC(Nc2ccc(C3CCC3)cc2)CC1. The summed E-state index contributed by atoms with van der Waals surface area (Å²) in [5.74, 6) is 0.840. The summed E-state index contributed by atoms with van der Waals surface area (Å²) in [5, 5.41) is 3.65. The van der Waals surface area contributed by atoms with Gasteiger partial charge in [0.05, 0.1) is 0 Å². The summed E-state index contributed by atoms with van der Waals surface area (Å²) in [7, 11) is 0. The Balaban J connectivity index is 1.56. The van der Waals surface area contributed by atoms with Crippen LogP contribution < -0.4 is 11.1 Å². The van der Waals surface area contributed by atoms with Crippen molar-refractivity contribution in [3.05, 3.63) is 29.8 Å². The predicted molar refractivity (Wildman–Crippen MR) is 76.9 cm³/mol. The molecule has 2 aliphatic carbocycles. The Bertz CT molecular complexity index is 373. The van der Waals surface area contributed by atoms with Crippen molar-refractivity contribution in [2.45, 2.75) is 62.9 Å². The summed E-state index contributed by atoms with van der Waals surface area (Å²) in [6.45, 7) is 0. The molecule has 1 aromatic carbocycles. The largest absolute Gasteiger partial charge is 0.382 e. The first-order valence-electron chi connectivity index (χ1n) is 7.43. The van der Waals surface area contributed by atoms with Crippen molar-refractivity contribution in [1.82, 2.24) is 0 Å². The number of hydrogen-bond donors (Lipinski definition) is 2. The summed E-state index contributed by atoms with van der Waals surface area (Å²) in [6, 6.07) is 10.2. The van der Waals surface area contributed by atoms with Crippen LogP contribution in [0.4, 0.5) is 5.69 Å². The molecule has 2 aliphatic rings. The first-order valence-corrected chi connectivity index (χ1v) is 7.43. The van der Waals surface area contributed by atoms with E-state index >= 15 is 0 Å². The molecule has 3 rings (SSSR count). The molecule has 0 unspecified atom stereocenters. The van der Waals surface area contributed by atoms with Gasteiger partial charge in [0.1, 0.15) is 0 Å². The summed E-state index contributed by atoms with van der Waals surface area (Å²) in [6.07, 6.45) is 8.93. The minimum Gasteiger partial charge on any atom is -0.382 e. The highest BCUT2D eigenvalue weighted by Crippen LogP contribution is 2.36. The molecule has 2 fully saturated rings. The molecule has 0 aromatic heterocycles. The van der Waals surface area contributed by atoms with E-state index in [2.05, 4.69) is 29.6 Å². The third-order valence-electron chi connectivity index (χ3n) is 4.63. The first kappa shape index (κ1) is 12.0. The molecule has 0 saturated heterocycles. The van der Waals surface area contributed by atoms with Crippen molar-refractivity contribution < 1.29 is 0 Å². The van der Waals surface area contributed by atoms with E-state index in [0.29, 0.717) is 12.1 Å². The van der Waals surface area contributed by atoms with Crippen LogP contribution in [0.3, 0.4) is 0 Å². The van der Waals surface area contributed by atoms with E-state index in [1.807, 2.05) is 0 Å². The molecule has 2 saturated carbocycles. The molecule has 0 bridgehead atoms. The maximum Gasteiger partial charge on any atom is 0.0342 e. The molecule has 2 heteroatoms. The van der Waals surface area contributed by atoms with Gasteiger partial charge < -0.3 is 11.1 Å². The van der Waals surface area contributed by atoms with Crippen molar-refractivity contribution in [3.8, 4) is 0 Å². The number of nitrogens with one attached hydrogen (secondary N) is 1. The number of anilines is 1. The highest BCUT2D eigenvalue weighted by molar-refractivity contribution is 5.46. The minimum absolute atomic E-state index is 0.434. The lowest BCUT2D eigenvalue weighted by Gasteiger charge is -2.28. The standard InChI is InChI=1S/C16H24N2/c17-14-6-10-16(11-7-14)18-15-8-4-13(5-9-15)12-2-1-3-12/h4-5,8-9,12,14,16,18H,1-3,6-7,10-11,17H2. The van der Waals surface area contributed by atoms with Gasteiger partial charge in [0.25, 0.3) is 0 Å². The average Bonchev–Trinajstić information content (AvgIpc) is 2.32. The van der Waals surface area contributed by atoms with Crippen molar-refractivity contribution in [2.24, 2.45) is 5.73 Å². The Hall–Kier alpha value is -1.02. The van der Waals surface area contributed by atoms with Gasteiger partial charge in [-0.15, -0.1) is 0 Å². The number of rotatable bonds is 3. The predicted octanol–water partition coefficient (Wildman–Crippen LogP) is 3.64. The highest BCUT2D eigenvalue weighted by Gasteiger charge is 2.20. The van der Waals surface area contributed by atoms with Crippen LogP contribution in [0.15, 0.2) is 24.3 Å². The molecule has 98 valence electrons. The van der Waals surface area contributed by atoms with Crippen LogP contribution in [0.5, 0.6) is 0 Å². The van der Waals surface area contributed by atoms with E-state index in [0.717, 1.165) is 18.8 Å². The monoisotopic (exact) mass is 244 g/mol. The van der Waals surface area contributed by atoms with E-state index in [1.165, 1.54) is 43.4 Å². The van der Waals surface area contributed by atoms with Crippen LogP contribution >= 0.6 is 0 Å². The quantitative estimate of drug-likeness (QED) is 0.852. The molecule has 0 aliphatic heterocycles. The smallest absolute Gasteiger partial charge is 0.0342 e. The summed E-state index contributed by atoms with van der Waals surface area (Å²) in [4.78, 5) is 0. The van der Waals surface area contributed by atoms with E-state index in [4.69, 9.17) is 5.73 Å². The van der Waals surface area contributed by atoms with Crippen molar-refractivity contribution in [3.63, 3.8) is 0 Å². The third-order valence-corrected chi connectivity index (χ3v) is 4.63. The topological polar surface area (TPSA) is 38.0 Å². The summed E-state index contributed by atoms with van der Waals surface area (Å²) < 4.78 is 0. The highest BCUT2D eigenvalue weighted by atomic mass is 14.9. The van der Waals surface area contributed by atoms with Gasteiger partial charge in [-0.05, 0) is 62.1 Å². The fourth-order valence-electron chi connectivity index (χ4n) is 3.09. The molecule has 1 aromatic rings. The Morgan fingerprint density at radius 3 is 2.11 bits per heavy atom. The molecule has 0 heterocycles. The zero-order chi connectivity index (χ0) is 12.4. The number of hydrogen-bond acceptors (Lipinski definition) is 2. The zero-order valence-corrected chi connectivity index (χ0v) is 11.1. The lowest BCUT2D eigenvalue weighted by Crippen LogP contribution is -2.32. The second-order valence-corrected chi connectivity index (χ2v) is 6.01. The van der Waals surface area contributed by atoms with Crippen molar-refractivity contribution in [1.29, 1.82) is 0 Å². The summed E-state index contributed by atoms with van der Waals surface area (Å²) >= 11 is 0. The number of benzene rings is 1. The van der Waals surface area contributed by atoms with Crippen LogP contribution in [-0.4, -0.2) is 12.1 Å². The number of nitrogens with two attached hydrogens (primary N) is 1. The first-order chi connectivity index (χ1) is 8.81. The van der Waals surface area contributed by atoms with Crippen LogP contribution in [0.25, 0.3) is 0 Å². The van der Waals surface area contributed by atoms with Gasteiger partial charge in [-0.25, -0.2) is 0 Å². The van der Waals surface area contributed by atoms with Crippen LogP contribution in [0.1, 0.15) is 56.4 Å². The van der Waals surface area contributed by atoms with Gasteiger partial charge in [-0.3, -0.25) is 0 Å². The molecule has 0 amide bonds. The van der Waals surface area contributed by atoms with Crippen LogP contribution in [-0.2, 0) is 0 Å². The van der Waals surface area contributed by atoms with Gasteiger partial charge in [0.15, 0.2) is 0 Å². The third kappa shape index (κ3) is 2.69. The maximum absolute atomic E-state index is 5.94. The molecule has 3 N–H and O–H groups in total. The van der Waals surface area contributed by atoms with Gasteiger partial charge in [0.2, 0.25) is 0 Å². The molecule has 0 spiro atoms. The van der Waals surface area contributed by atoms with Crippen molar-refractivity contribution in [2.75, 3.05) is 5.32 Å². The fraction of sp³-hybridized carbons (Fsp3) is 0.625. The maximum atomic E-state index is 5.94. The Kier molecular flexibility index (Phi) is 3.55. The van der Waals surface area contributed by atoms with Crippen LogP contribution in [0.2, 0.25) is 0 Å². The molecular weight excluding hydrogens is 220 g/mol. The molecule has 0 radical (unpaired) electrons. The van der Waals surface area contributed by atoms with Gasteiger partial charge >= 0.3 is 0 Å². The summed E-state index contributed by atoms with van der Waals surface area (Å²) in [5.41, 5.74) is 8.74. The average molecular weight is 244 g/mol. The van der Waals surface area contributed by atoms with E-state index in [-0.39, 0.29) is 0 Å². The van der Waals surface area contributed by atoms with E-state index < -0.39 is 0 Å². The lowest BCUT2D eigenvalue weighted by molar-refractivity contribution is 0.411. The normalized spacial score (nSPS) is 28.7. The van der Waals surface area contributed by atoms with E-state index in [1.54, 1.807) is 0 Å². The lowest BCUT2D eigenvalue weighted by atomic mass is 9.80. The Morgan fingerprint density at radius 1 is 0.889 bits per heavy atom. The van der Waals surface area contributed by atoms with Crippen molar-refractivity contribution >= 4 is 5.69 Å². The van der Waals surface area contributed by atoms with Gasteiger partial charge in [-0.2, -0.15) is 0 Å². The molecule has 2 nitrogen and oxygen atoms in total. The van der Waals surface area contributed by atoms with Crippen LogP contribution in [0, 0.1) is 0 Å².